The van der Waals surface area contributed by atoms with Crippen molar-refractivity contribution in [1.82, 2.24) is 36.4 Å². The van der Waals surface area contributed by atoms with E-state index in [-0.39, 0.29) is 38.8 Å². The van der Waals surface area contributed by atoms with Gasteiger partial charge in [0.1, 0.15) is 42.3 Å². The average molecular weight is 825 g/mol. The molecule has 9 atom stereocenters. The molecule has 22 heteroatoms. The van der Waals surface area contributed by atoms with E-state index in [4.69, 9.17) is 17.2 Å². The van der Waals surface area contributed by atoms with Gasteiger partial charge in [0.2, 0.25) is 53.2 Å². The summed E-state index contributed by atoms with van der Waals surface area (Å²) in [6, 6.07) is -9.96. The van der Waals surface area contributed by atoms with Crippen LogP contribution in [0.15, 0.2) is 0 Å². The van der Waals surface area contributed by atoms with Crippen molar-refractivity contribution in [1.29, 1.82) is 0 Å². The van der Waals surface area contributed by atoms with Gasteiger partial charge in [-0.1, -0.05) is 34.1 Å². The maximum Gasteiger partial charge on any atom is 0.326 e. The molecule has 326 valence electrons. The molecule has 2 aliphatic rings. The van der Waals surface area contributed by atoms with Crippen LogP contribution >= 0.6 is 0 Å². The fourth-order valence-electron chi connectivity index (χ4n) is 6.71. The molecule has 2 saturated heterocycles. The van der Waals surface area contributed by atoms with E-state index in [0.717, 1.165) is 0 Å². The van der Waals surface area contributed by atoms with Crippen LogP contribution in [-0.4, -0.2) is 147 Å². The van der Waals surface area contributed by atoms with Gasteiger partial charge in [-0.05, 0) is 50.9 Å². The van der Waals surface area contributed by atoms with E-state index in [9.17, 15) is 58.2 Å². The third-order valence-electron chi connectivity index (χ3n) is 10.3. The Morgan fingerprint density at radius 1 is 0.690 bits per heavy atom. The molecule has 0 aliphatic carbocycles. The number of amides is 9. The number of carboxylic acids is 1. The van der Waals surface area contributed by atoms with Crippen LogP contribution < -0.4 is 43.8 Å². The van der Waals surface area contributed by atoms with Gasteiger partial charge in [0.25, 0.3) is 0 Å². The number of likely N-dealkylation sites (tertiary alicyclic amines) is 2. The molecule has 9 amide bonds. The van der Waals surface area contributed by atoms with Gasteiger partial charge >= 0.3 is 5.97 Å². The van der Waals surface area contributed by atoms with Crippen LogP contribution in [0.25, 0.3) is 0 Å². The summed E-state index contributed by atoms with van der Waals surface area (Å²) in [5, 5.41) is 32.2. The Labute approximate surface area is 336 Å². The molecule has 0 saturated carbocycles. The molecular weight excluding hydrogens is 764 g/mol. The van der Waals surface area contributed by atoms with E-state index in [0.29, 0.717) is 19.3 Å². The first-order valence-corrected chi connectivity index (χ1v) is 19.4. The maximum atomic E-state index is 13.9. The molecule has 2 rings (SSSR count). The minimum absolute atomic E-state index is 0.122. The Morgan fingerprint density at radius 2 is 1.24 bits per heavy atom. The van der Waals surface area contributed by atoms with Crippen LogP contribution in [0.4, 0.5) is 0 Å². The lowest BCUT2D eigenvalue weighted by molar-refractivity contribution is -0.145. The van der Waals surface area contributed by atoms with E-state index < -0.39 is 132 Å². The molecule has 0 aromatic heterocycles. The van der Waals surface area contributed by atoms with Crippen molar-refractivity contribution in [2.75, 3.05) is 19.7 Å². The first kappa shape index (κ1) is 48.8. The molecule has 2 aliphatic heterocycles. The second-order valence-corrected chi connectivity index (χ2v) is 15.1. The third kappa shape index (κ3) is 13.6. The molecule has 0 radical (unpaired) electrons. The first-order chi connectivity index (χ1) is 27.1. The van der Waals surface area contributed by atoms with Gasteiger partial charge in [-0.3, -0.25) is 43.2 Å². The lowest BCUT2D eigenvalue weighted by Gasteiger charge is -2.33. The van der Waals surface area contributed by atoms with Crippen LogP contribution in [0.3, 0.4) is 0 Å². The second-order valence-electron chi connectivity index (χ2n) is 15.1. The van der Waals surface area contributed by atoms with Gasteiger partial charge in [-0.25, -0.2) is 4.79 Å². The average Bonchev–Trinajstić information content (AvgIpc) is 3.86. The van der Waals surface area contributed by atoms with Crippen molar-refractivity contribution in [2.45, 2.75) is 134 Å². The fourth-order valence-corrected chi connectivity index (χ4v) is 6.71. The highest BCUT2D eigenvalue weighted by Gasteiger charge is 2.42. The summed E-state index contributed by atoms with van der Waals surface area (Å²) in [6.07, 6.45) is 0.695. The highest BCUT2D eigenvalue weighted by Crippen LogP contribution is 2.23. The fraction of sp³-hybridized carbons (Fsp3) is 0.722. The molecular formula is C36H60N10O12. The largest absolute Gasteiger partial charge is 0.480 e. The number of primary amides is 2. The van der Waals surface area contributed by atoms with Crippen LogP contribution in [-0.2, 0) is 47.9 Å². The van der Waals surface area contributed by atoms with Gasteiger partial charge in [0.15, 0.2) is 0 Å². The number of nitrogens with two attached hydrogens (primary N) is 3. The minimum Gasteiger partial charge on any atom is -0.480 e. The van der Waals surface area contributed by atoms with Crippen molar-refractivity contribution < 1.29 is 58.2 Å². The lowest BCUT2D eigenvalue weighted by atomic mass is 9.96. The van der Waals surface area contributed by atoms with Crippen LogP contribution in [0.2, 0.25) is 0 Å². The molecule has 1 unspecified atom stereocenters. The Hall–Kier alpha value is -5.38. The summed E-state index contributed by atoms with van der Waals surface area (Å²) >= 11 is 0. The molecule has 13 N–H and O–H groups in total. The molecule has 22 nitrogen and oxygen atoms in total. The number of rotatable bonds is 22. The van der Waals surface area contributed by atoms with Gasteiger partial charge in [-0.15, -0.1) is 0 Å². The number of hydrogen-bond acceptors (Lipinski definition) is 12. The predicted octanol–water partition coefficient (Wildman–Crippen LogP) is -4.34. The SMILES string of the molecule is CC[C@H](C)[C@H](NC(=O)[C@H](CO)NC(=O)[C@@H](NC(=O)[C@@H]1CCCN1C(=O)[C@H](C)NC(=O)[C@@H](N)CC(N)=O)C(C)C)C(=O)N1CCCC1C(=O)N[C@@H](CCC(N)=O)C(=O)O. The standard InChI is InChI=1S/C36H60N10O12/c1-6-18(4)28(35(56)46-14-8-9-23(46)31(52)41-21(36(57)58)11-12-25(38)48)44-30(51)22(16-47)42-33(54)27(17(2)3)43-32(53)24-10-7-13-45(24)34(55)19(5)40-29(50)20(37)15-26(39)49/h17-24,27-28,47H,6-16,37H2,1-5H3,(H2,38,48)(H2,39,49)(H,40,50)(H,41,52)(H,42,54)(H,43,53)(H,44,51)(H,57,58)/t18-,19-,20-,21-,22-,23?,24-,27-,28-/m0/s1. The molecule has 2 heterocycles. The Morgan fingerprint density at radius 3 is 1.72 bits per heavy atom. The summed E-state index contributed by atoms with van der Waals surface area (Å²) in [4.78, 5) is 130. The number of aliphatic hydroxyl groups excluding tert-OH is 1. The van der Waals surface area contributed by atoms with Gasteiger partial charge in [0, 0.05) is 19.5 Å². The lowest BCUT2D eigenvalue weighted by Crippen LogP contribution is -2.62. The van der Waals surface area contributed by atoms with Crippen molar-refractivity contribution in [3.8, 4) is 0 Å². The number of carbonyl (C=O) groups excluding carboxylic acids is 9. The van der Waals surface area contributed by atoms with Crippen molar-refractivity contribution >= 4 is 59.1 Å². The van der Waals surface area contributed by atoms with Gasteiger partial charge < -0.3 is 63.8 Å². The smallest absolute Gasteiger partial charge is 0.326 e. The van der Waals surface area contributed by atoms with E-state index >= 15 is 0 Å². The van der Waals surface area contributed by atoms with Crippen LogP contribution in [0.5, 0.6) is 0 Å². The van der Waals surface area contributed by atoms with Gasteiger partial charge in [-0.2, -0.15) is 0 Å². The number of carboxylic acid groups (broad SMARTS) is 1. The summed E-state index contributed by atoms with van der Waals surface area (Å²) in [5.41, 5.74) is 15.9. The van der Waals surface area contributed by atoms with Crippen LogP contribution in [0.1, 0.15) is 86.0 Å². The normalized spacial score (nSPS) is 20.1. The Bertz CT molecular complexity index is 1560. The van der Waals surface area contributed by atoms with E-state index in [2.05, 4.69) is 26.6 Å². The zero-order valence-electron chi connectivity index (χ0n) is 33.7. The first-order valence-electron chi connectivity index (χ1n) is 19.4. The summed E-state index contributed by atoms with van der Waals surface area (Å²) in [6.45, 7) is 7.49. The molecule has 2 fully saturated rings. The number of carbonyl (C=O) groups is 10. The van der Waals surface area contributed by atoms with E-state index in [1.165, 1.54) is 16.7 Å². The maximum absolute atomic E-state index is 13.9. The van der Waals surface area contributed by atoms with E-state index in [1.807, 2.05) is 0 Å². The zero-order chi connectivity index (χ0) is 44.0. The number of nitrogens with zero attached hydrogens (tertiary/aromatic N) is 2. The van der Waals surface area contributed by atoms with Crippen molar-refractivity contribution in [2.24, 2.45) is 29.0 Å². The highest BCUT2D eigenvalue weighted by molar-refractivity contribution is 5.98. The minimum atomic E-state index is -1.58. The predicted molar refractivity (Wildman–Crippen MR) is 204 cm³/mol. The molecule has 0 aromatic rings. The molecule has 0 aromatic carbocycles. The summed E-state index contributed by atoms with van der Waals surface area (Å²) < 4.78 is 0. The quantitative estimate of drug-likeness (QED) is 0.0494. The molecule has 0 bridgehead atoms. The number of nitrogens with one attached hydrogen (secondary N) is 5. The number of aliphatic carboxylic acids is 1. The molecule has 58 heavy (non-hydrogen) atoms. The third-order valence-corrected chi connectivity index (χ3v) is 10.3. The topological polar surface area (TPSA) is 356 Å². The number of hydrogen-bond donors (Lipinski definition) is 10. The monoisotopic (exact) mass is 824 g/mol. The van der Waals surface area contributed by atoms with Crippen LogP contribution in [0, 0.1) is 11.8 Å². The van der Waals surface area contributed by atoms with Gasteiger partial charge in [0.05, 0.1) is 19.1 Å². The second kappa shape index (κ2) is 22.5. The summed E-state index contributed by atoms with van der Waals surface area (Å²) in [7, 11) is 0. The van der Waals surface area contributed by atoms with E-state index in [1.54, 1.807) is 27.7 Å². The van der Waals surface area contributed by atoms with Crippen molar-refractivity contribution in [3.63, 3.8) is 0 Å². The Kier molecular flexibility index (Phi) is 18.9. The number of aliphatic hydroxyl groups is 1. The summed E-state index contributed by atoms with van der Waals surface area (Å²) in [5.74, 6) is -9.23. The highest BCUT2D eigenvalue weighted by atomic mass is 16.4. The van der Waals surface area contributed by atoms with Crippen molar-refractivity contribution in [3.05, 3.63) is 0 Å². The zero-order valence-corrected chi connectivity index (χ0v) is 33.7. The Balaban J connectivity index is 2.15. The molecule has 0 spiro atoms.